The summed E-state index contributed by atoms with van der Waals surface area (Å²) in [5.74, 6) is -3.13. The van der Waals surface area contributed by atoms with Crippen molar-refractivity contribution in [3.8, 4) is 11.3 Å². The zero-order valence-corrected chi connectivity index (χ0v) is 19.1. The minimum absolute atomic E-state index is 0.0404. The molecule has 0 unspecified atom stereocenters. The molecule has 0 spiro atoms. The second kappa shape index (κ2) is 9.68. The molecule has 4 rings (SSSR count). The van der Waals surface area contributed by atoms with Gasteiger partial charge in [-0.05, 0) is 48.5 Å². The number of halogens is 4. The van der Waals surface area contributed by atoms with Gasteiger partial charge in [-0.2, -0.15) is 18.3 Å². The molecule has 4 aromatic rings. The number of aromatic nitrogens is 3. The Morgan fingerprint density at radius 1 is 0.892 bits per heavy atom. The van der Waals surface area contributed by atoms with Crippen molar-refractivity contribution in [3.63, 3.8) is 0 Å². The van der Waals surface area contributed by atoms with Gasteiger partial charge in [-0.3, -0.25) is 4.79 Å². The summed E-state index contributed by atoms with van der Waals surface area (Å²) in [5, 5.41) is 6.14. The van der Waals surface area contributed by atoms with Crippen LogP contribution in [0.15, 0.2) is 54.6 Å². The zero-order chi connectivity index (χ0) is 26.9. The first-order chi connectivity index (χ1) is 17.5. The summed E-state index contributed by atoms with van der Waals surface area (Å²) < 4.78 is 64.4. The third kappa shape index (κ3) is 5.24. The number of alkyl halides is 3. The van der Waals surface area contributed by atoms with Crippen molar-refractivity contribution in [2.45, 2.75) is 6.18 Å². The molecule has 0 aliphatic carbocycles. The van der Waals surface area contributed by atoms with Crippen LogP contribution >= 0.6 is 0 Å². The van der Waals surface area contributed by atoms with Crippen LogP contribution in [0.2, 0.25) is 0 Å². The molecule has 2 aromatic carbocycles. The molecule has 1 amide bonds. The number of ether oxygens (including phenoxy) is 2. The number of carbonyl (C=O) groups excluding carboxylic acids is 3. The summed E-state index contributed by atoms with van der Waals surface area (Å²) in [5.41, 5.74) is -2.04. The van der Waals surface area contributed by atoms with E-state index in [1.54, 1.807) is 0 Å². The van der Waals surface area contributed by atoms with Gasteiger partial charge in [0.25, 0.3) is 5.91 Å². The number of nitrogens with zero attached hydrogens (tertiary/aromatic N) is 3. The molecule has 2 heterocycles. The van der Waals surface area contributed by atoms with Crippen LogP contribution in [0.4, 0.5) is 23.2 Å². The van der Waals surface area contributed by atoms with Crippen molar-refractivity contribution >= 4 is 29.2 Å². The number of fused-ring (bicyclic) bond motifs is 1. The van der Waals surface area contributed by atoms with Crippen LogP contribution in [-0.4, -0.2) is 46.7 Å². The Morgan fingerprint density at radius 2 is 1.49 bits per heavy atom. The average Bonchev–Trinajstić information content (AvgIpc) is 3.31. The second-order valence-corrected chi connectivity index (χ2v) is 7.57. The average molecular weight is 516 g/mol. The number of hydrogen-bond acceptors (Lipinski definition) is 7. The van der Waals surface area contributed by atoms with Crippen LogP contribution < -0.4 is 5.32 Å². The Hall–Kier alpha value is -4.81. The number of carbonyl (C=O) groups is 3. The van der Waals surface area contributed by atoms with Gasteiger partial charge in [-0.1, -0.05) is 0 Å². The number of methoxy groups -OCH3 is 2. The van der Waals surface area contributed by atoms with Crippen LogP contribution in [0.5, 0.6) is 0 Å². The highest BCUT2D eigenvalue weighted by Gasteiger charge is 2.35. The summed E-state index contributed by atoms with van der Waals surface area (Å²) in [6.07, 6.45) is -4.86. The maximum absolute atomic E-state index is 13.8. The Morgan fingerprint density at radius 3 is 2.03 bits per heavy atom. The van der Waals surface area contributed by atoms with Crippen LogP contribution in [0.3, 0.4) is 0 Å². The molecule has 9 nitrogen and oxygen atoms in total. The van der Waals surface area contributed by atoms with Crippen molar-refractivity contribution in [1.29, 1.82) is 0 Å². The predicted molar refractivity (Wildman–Crippen MR) is 120 cm³/mol. The Kier molecular flexibility index (Phi) is 6.62. The Balaban J connectivity index is 1.75. The van der Waals surface area contributed by atoms with Crippen LogP contribution in [-0.2, 0) is 15.7 Å². The van der Waals surface area contributed by atoms with Gasteiger partial charge in [0.05, 0.1) is 31.0 Å². The predicted octanol–water partition coefficient (Wildman–Crippen LogP) is 4.38. The molecule has 37 heavy (non-hydrogen) atoms. The first-order valence-electron chi connectivity index (χ1n) is 10.4. The SMILES string of the molecule is COC(=O)c1cc(NC(=O)c2cc3nc(-c4ccc(F)cc4)cc(C(F)(F)F)n3n2)cc(C(=O)OC)c1. The largest absolute Gasteiger partial charge is 0.465 e. The molecule has 1 N–H and O–H groups in total. The van der Waals surface area contributed by atoms with E-state index in [-0.39, 0.29) is 33.7 Å². The van der Waals surface area contributed by atoms with Crippen LogP contribution in [0.1, 0.15) is 36.9 Å². The van der Waals surface area contributed by atoms with Crippen molar-refractivity contribution in [3.05, 3.63) is 82.9 Å². The molecule has 2 aromatic heterocycles. The van der Waals surface area contributed by atoms with E-state index >= 15 is 0 Å². The maximum atomic E-state index is 13.8. The monoisotopic (exact) mass is 516 g/mol. The number of anilines is 1. The van der Waals surface area contributed by atoms with E-state index in [2.05, 4.69) is 24.9 Å². The Bertz CT molecular complexity index is 1500. The first-order valence-corrected chi connectivity index (χ1v) is 10.4. The molecule has 0 aliphatic heterocycles. The molecule has 0 fully saturated rings. The molecule has 0 radical (unpaired) electrons. The summed E-state index contributed by atoms with van der Waals surface area (Å²) in [6.45, 7) is 0. The standard InChI is InChI=1S/C24H16F4N4O5/c1-36-22(34)13-7-14(23(35)37-2)9-16(8-13)29-21(33)18-11-20-30-17(12-3-5-15(25)6-4-12)10-19(24(26,27)28)32(20)31-18/h3-11H,1-2H3,(H,29,33). The van der Waals surface area contributed by atoms with E-state index in [1.165, 1.54) is 30.3 Å². The number of esters is 2. The maximum Gasteiger partial charge on any atom is 0.433 e. The van der Waals surface area contributed by atoms with E-state index in [9.17, 15) is 31.9 Å². The molecule has 13 heteroatoms. The van der Waals surface area contributed by atoms with Gasteiger partial charge in [-0.15, -0.1) is 0 Å². The quantitative estimate of drug-likeness (QED) is 0.310. The third-order valence-electron chi connectivity index (χ3n) is 5.12. The summed E-state index contributed by atoms with van der Waals surface area (Å²) in [7, 11) is 2.24. The highest BCUT2D eigenvalue weighted by atomic mass is 19.4. The highest BCUT2D eigenvalue weighted by Crippen LogP contribution is 2.32. The number of rotatable bonds is 5. The van der Waals surface area contributed by atoms with E-state index in [0.717, 1.165) is 38.5 Å². The Labute approximate surface area is 205 Å². The number of nitrogens with one attached hydrogen (secondary N) is 1. The van der Waals surface area contributed by atoms with Gasteiger partial charge in [-0.25, -0.2) is 23.5 Å². The molecule has 0 bridgehead atoms. The summed E-state index contributed by atoms with van der Waals surface area (Å²) >= 11 is 0. The van der Waals surface area contributed by atoms with Crippen molar-refractivity contribution in [1.82, 2.24) is 14.6 Å². The minimum Gasteiger partial charge on any atom is -0.465 e. The molecule has 190 valence electrons. The van der Waals surface area contributed by atoms with Gasteiger partial charge in [0, 0.05) is 17.3 Å². The molecule has 0 saturated heterocycles. The fourth-order valence-corrected chi connectivity index (χ4v) is 3.42. The van der Waals surface area contributed by atoms with Gasteiger partial charge >= 0.3 is 18.1 Å². The molecular formula is C24H16F4N4O5. The van der Waals surface area contributed by atoms with Crippen molar-refractivity contribution < 1.29 is 41.4 Å². The molecule has 0 aliphatic rings. The lowest BCUT2D eigenvalue weighted by Crippen LogP contribution is -2.16. The first kappa shape index (κ1) is 25.3. The van der Waals surface area contributed by atoms with E-state index in [0.29, 0.717) is 4.52 Å². The lowest BCUT2D eigenvalue weighted by molar-refractivity contribution is -0.142. The topological polar surface area (TPSA) is 112 Å². The fourth-order valence-electron chi connectivity index (χ4n) is 3.42. The number of benzene rings is 2. The minimum atomic E-state index is -4.86. The van der Waals surface area contributed by atoms with Gasteiger partial charge < -0.3 is 14.8 Å². The fraction of sp³-hybridized carbons (Fsp3) is 0.125. The number of hydrogen-bond donors (Lipinski definition) is 1. The van der Waals surface area contributed by atoms with Crippen LogP contribution in [0.25, 0.3) is 16.9 Å². The van der Waals surface area contributed by atoms with E-state index < -0.39 is 41.2 Å². The lowest BCUT2D eigenvalue weighted by atomic mass is 10.1. The summed E-state index contributed by atoms with van der Waals surface area (Å²) in [6, 6.07) is 10.1. The molecule has 0 atom stereocenters. The highest BCUT2D eigenvalue weighted by molar-refractivity contribution is 6.05. The normalized spacial score (nSPS) is 11.3. The van der Waals surface area contributed by atoms with E-state index in [1.807, 2.05) is 0 Å². The second-order valence-electron chi connectivity index (χ2n) is 7.57. The molecular weight excluding hydrogens is 500 g/mol. The van der Waals surface area contributed by atoms with Gasteiger partial charge in [0.15, 0.2) is 17.0 Å². The molecule has 0 saturated carbocycles. The summed E-state index contributed by atoms with van der Waals surface area (Å²) in [4.78, 5) is 40.9. The third-order valence-corrected chi connectivity index (χ3v) is 5.12. The van der Waals surface area contributed by atoms with Crippen LogP contribution in [0, 0.1) is 5.82 Å². The van der Waals surface area contributed by atoms with E-state index in [4.69, 9.17) is 0 Å². The van der Waals surface area contributed by atoms with Gasteiger partial charge in [0.2, 0.25) is 0 Å². The van der Waals surface area contributed by atoms with Crippen molar-refractivity contribution in [2.24, 2.45) is 0 Å². The smallest absolute Gasteiger partial charge is 0.433 e. The lowest BCUT2D eigenvalue weighted by Gasteiger charge is -2.11. The van der Waals surface area contributed by atoms with Gasteiger partial charge in [0.1, 0.15) is 5.82 Å². The van der Waals surface area contributed by atoms with Crippen molar-refractivity contribution in [2.75, 3.05) is 19.5 Å². The number of amides is 1. The zero-order valence-electron chi connectivity index (χ0n) is 19.1.